The summed E-state index contributed by atoms with van der Waals surface area (Å²) in [4.78, 5) is 17.7. The van der Waals surface area contributed by atoms with Crippen LogP contribution in [0.15, 0.2) is 0 Å². The zero-order valence-electron chi connectivity index (χ0n) is 17.2. The van der Waals surface area contributed by atoms with Crippen LogP contribution in [0.4, 0.5) is 5.82 Å². The van der Waals surface area contributed by atoms with Crippen LogP contribution in [-0.2, 0) is 11.3 Å². The predicted octanol–water partition coefficient (Wildman–Crippen LogP) is 4.30. The van der Waals surface area contributed by atoms with Crippen LogP contribution in [0.1, 0.15) is 54.8 Å². The number of thiophene rings is 1. The molecule has 2 aromatic heterocycles. The van der Waals surface area contributed by atoms with Crippen molar-refractivity contribution in [2.45, 2.75) is 65.0 Å². The highest BCUT2D eigenvalue weighted by Gasteiger charge is 2.31. The molecule has 6 heteroatoms. The number of likely N-dealkylation sites (tertiary alicyclic amines) is 1. The minimum absolute atomic E-state index is 0.503. The Labute approximate surface area is 172 Å². The van der Waals surface area contributed by atoms with E-state index in [1.165, 1.54) is 78.1 Å². The van der Waals surface area contributed by atoms with Crippen LogP contribution in [0, 0.1) is 19.8 Å². The molecular weight excluding hydrogens is 368 g/mol. The van der Waals surface area contributed by atoms with E-state index < -0.39 is 0 Å². The molecule has 3 aliphatic heterocycles. The third-order valence-electron chi connectivity index (χ3n) is 6.95. The highest BCUT2D eigenvalue weighted by molar-refractivity contribution is 7.18. The van der Waals surface area contributed by atoms with E-state index in [0.717, 1.165) is 38.0 Å². The summed E-state index contributed by atoms with van der Waals surface area (Å²) in [6.07, 6.45) is 8.06. The fourth-order valence-electron chi connectivity index (χ4n) is 5.17. The van der Waals surface area contributed by atoms with Gasteiger partial charge in [0, 0.05) is 24.6 Å². The van der Waals surface area contributed by atoms with Gasteiger partial charge in [-0.1, -0.05) is 0 Å². The first-order chi connectivity index (χ1) is 13.7. The maximum atomic E-state index is 5.97. The number of aromatic nitrogens is 2. The number of fused-ring (bicyclic) bond motifs is 1. The number of hydrogen-bond donors (Lipinski definition) is 0. The number of nitrogens with zero attached hydrogens (tertiary/aromatic N) is 4. The zero-order valence-corrected chi connectivity index (χ0v) is 18.1. The normalized spacial score (nSPS) is 24.6. The van der Waals surface area contributed by atoms with E-state index in [0.29, 0.717) is 6.10 Å². The van der Waals surface area contributed by atoms with Crippen LogP contribution in [0.3, 0.4) is 0 Å². The van der Waals surface area contributed by atoms with Gasteiger partial charge in [0.15, 0.2) is 0 Å². The van der Waals surface area contributed by atoms with Crippen molar-refractivity contribution in [1.82, 2.24) is 14.9 Å². The molecule has 0 aliphatic carbocycles. The Morgan fingerprint density at radius 3 is 2.50 bits per heavy atom. The monoisotopic (exact) mass is 400 g/mol. The summed E-state index contributed by atoms with van der Waals surface area (Å²) in [6.45, 7) is 10.9. The number of piperidine rings is 1. The van der Waals surface area contributed by atoms with Crippen molar-refractivity contribution in [2.24, 2.45) is 5.92 Å². The minimum Gasteiger partial charge on any atom is -0.378 e. The van der Waals surface area contributed by atoms with E-state index in [-0.39, 0.29) is 0 Å². The second-order valence-electron chi connectivity index (χ2n) is 8.79. The molecule has 3 aliphatic rings. The van der Waals surface area contributed by atoms with Crippen LogP contribution >= 0.6 is 11.3 Å². The lowest BCUT2D eigenvalue weighted by atomic mass is 9.89. The molecule has 0 saturated carbocycles. The van der Waals surface area contributed by atoms with Crippen molar-refractivity contribution in [3.05, 3.63) is 16.3 Å². The van der Waals surface area contributed by atoms with Gasteiger partial charge in [-0.25, -0.2) is 9.97 Å². The molecule has 3 fully saturated rings. The molecule has 0 radical (unpaired) electrons. The number of aryl methyl sites for hydroxylation is 2. The third kappa shape index (κ3) is 3.55. The fourth-order valence-corrected chi connectivity index (χ4v) is 6.21. The Balaban J connectivity index is 1.41. The molecule has 2 aromatic rings. The molecule has 28 heavy (non-hydrogen) atoms. The number of anilines is 1. The van der Waals surface area contributed by atoms with Crippen LogP contribution in [0.5, 0.6) is 0 Å². The second-order valence-corrected chi connectivity index (χ2v) is 9.99. The van der Waals surface area contributed by atoms with Crippen LogP contribution < -0.4 is 4.90 Å². The van der Waals surface area contributed by atoms with Gasteiger partial charge >= 0.3 is 0 Å². The number of ether oxygens (including phenoxy) is 1. The summed E-state index contributed by atoms with van der Waals surface area (Å²) >= 11 is 1.83. The first-order valence-corrected chi connectivity index (χ1v) is 11.9. The minimum atomic E-state index is 0.503. The highest BCUT2D eigenvalue weighted by atomic mass is 32.1. The average molecular weight is 401 g/mol. The number of hydrogen-bond acceptors (Lipinski definition) is 6. The van der Waals surface area contributed by atoms with Crippen LogP contribution in [0.2, 0.25) is 0 Å². The van der Waals surface area contributed by atoms with Gasteiger partial charge in [0.1, 0.15) is 16.5 Å². The van der Waals surface area contributed by atoms with Crippen molar-refractivity contribution in [3.8, 4) is 0 Å². The Bertz CT molecular complexity index is 831. The SMILES string of the molecule is Cc1sc2nc(CN3CCCC3)nc(N3CCC(C4CCCO4)CC3)c2c1C. The largest absolute Gasteiger partial charge is 0.378 e. The van der Waals surface area contributed by atoms with E-state index in [1.807, 2.05) is 11.3 Å². The first-order valence-electron chi connectivity index (χ1n) is 11.0. The van der Waals surface area contributed by atoms with Crippen molar-refractivity contribution in [3.63, 3.8) is 0 Å². The van der Waals surface area contributed by atoms with Crippen molar-refractivity contribution < 1.29 is 4.74 Å². The number of rotatable bonds is 4. The van der Waals surface area contributed by atoms with Crippen LogP contribution in [-0.4, -0.2) is 53.8 Å². The molecule has 0 amide bonds. The molecule has 0 spiro atoms. The Morgan fingerprint density at radius 2 is 1.79 bits per heavy atom. The van der Waals surface area contributed by atoms with Gasteiger partial charge in [-0.3, -0.25) is 4.90 Å². The van der Waals surface area contributed by atoms with E-state index >= 15 is 0 Å². The lowest BCUT2D eigenvalue weighted by Gasteiger charge is -2.35. The average Bonchev–Trinajstić information content (AvgIpc) is 3.45. The molecule has 0 bridgehead atoms. The predicted molar refractivity (Wildman–Crippen MR) is 115 cm³/mol. The van der Waals surface area contributed by atoms with Gasteiger partial charge in [-0.15, -0.1) is 11.3 Å². The molecule has 1 unspecified atom stereocenters. The zero-order chi connectivity index (χ0) is 19.1. The smallest absolute Gasteiger partial charge is 0.146 e. The summed E-state index contributed by atoms with van der Waals surface area (Å²) in [6, 6.07) is 0. The van der Waals surface area contributed by atoms with E-state index in [4.69, 9.17) is 14.7 Å². The highest BCUT2D eigenvalue weighted by Crippen LogP contribution is 2.37. The Morgan fingerprint density at radius 1 is 1.00 bits per heavy atom. The topological polar surface area (TPSA) is 41.5 Å². The Hall–Kier alpha value is -1.24. The van der Waals surface area contributed by atoms with Gasteiger partial charge in [0.05, 0.1) is 18.0 Å². The van der Waals surface area contributed by atoms with E-state index in [9.17, 15) is 0 Å². The van der Waals surface area contributed by atoms with Gasteiger partial charge in [-0.05, 0) is 76.9 Å². The fraction of sp³-hybridized carbons (Fsp3) is 0.727. The van der Waals surface area contributed by atoms with Gasteiger partial charge in [0.2, 0.25) is 0 Å². The molecular formula is C22H32N4OS. The molecule has 5 nitrogen and oxygen atoms in total. The third-order valence-corrected chi connectivity index (χ3v) is 8.05. The van der Waals surface area contributed by atoms with Gasteiger partial charge < -0.3 is 9.64 Å². The van der Waals surface area contributed by atoms with E-state index in [2.05, 4.69) is 23.6 Å². The maximum Gasteiger partial charge on any atom is 0.146 e. The second kappa shape index (κ2) is 7.88. The standard InChI is InChI=1S/C22H32N4OS/c1-15-16(2)28-22-20(15)21(23-19(24-22)14-25-9-3-4-10-25)26-11-7-17(8-12-26)18-6-5-13-27-18/h17-18H,3-14H2,1-2H3. The van der Waals surface area contributed by atoms with Crippen molar-refractivity contribution in [2.75, 3.05) is 37.7 Å². The quantitative estimate of drug-likeness (QED) is 0.765. The summed E-state index contributed by atoms with van der Waals surface area (Å²) in [5, 5.41) is 1.29. The summed E-state index contributed by atoms with van der Waals surface area (Å²) in [5.74, 6) is 2.92. The summed E-state index contributed by atoms with van der Waals surface area (Å²) in [5.41, 5.74) is 1.36. The molecule has 0 aromatic carbocycles. The first kappa shape index (κ1) is 18.8. The summed E-state index contributed by atoms with van der Waals surface area (Å²) in [7, 11) is 0. The van der Waals surface area contributed by atoms with Crippen molar-refractivity contribution >= 4 is 27.4 Å². The molecule has 5 rings (SSSR count). The molecule has 3 saturated heterocycles. The van der Waals surface area contributed by atoms with Crippen molar-refractivity contribution in [1.29, 1.82) is 0 Å². The van der Waals surface area contributed by atoms with E-state index in [1.54, 1.807) is 0 Å². The molecule has 0 N–H and O–H groups in total. The van der Waals surface area contributed by atoms with Gasteiger partial charge in [0.25, 0.3) is 0 Å². The lowest BCUT2D eigenvalue weighted by molar-refractivity contribution is 0.0531. The van der Waals surface area contributed by atoms with Gasteiger partial charge in [-0.2, -0.15) is 0 Å². The molecule has 1 atom stereocenters. The maximum absolute atomic E-state index is 5.97. The molecule has 5 heterocycles. The Kier molecular flexibility index (Phi) is 5.28. The lowest BCUT2D eigenvalue weighted by Crippen LogP contribution is -2.38. The molecule has 152 valence electrons. The summed E-state index contributed by atoms with van der Waals surface area (Å²) < 4.78 is 5.97. The van der Waals surface area contributed by atoms with Crippen LogP contribution in [0.25, 0.3) is 10.2 Å².